The van der Waals surface area contributed by atoms with Gasteiger partial charge in [-0.3, -0.25) is 0 Å². The van der Waals surface area contributed by atoms with Gasteiger partial charge in [-0.05, 0) is 35.9 Å². The molecule has 0 heterocycles. The average molecular weight is 304 g/mol. The zero-order chi connectivity index (χ0) is 16.1. The summed E-state index contributed by atoms with van der Waals surface area (Å²) in [4.78, 5) is 12.0. The molecule has 2 N–H and O–H groups in total. The van der Waals surface area contributed by atoms with Gasteiger partial charge in [-0.2, -0.15) is 0 Å². The number of aromatic hydroxyl groups is 2. The molecule has 0 fully saturated rings. The Kier molecular flexibility index (Phi) is 4.73. The second-order valence-electron chi connectivity index (χ2n) is 4.47. The minimum absolute atomic E-state index is 0.0147. The largest absolute Gasteiger partial charge is 0.504 e. The fourth-order valence-electron chi connectivity index (χ4n) is 1.85. The maximum absolute atomic E-state index is 12.0. The van der Waals surface area contributed by atoms with Crippen LogP contribution in [0.1, 0.15) is 15.9 Å². The van der Waals surface area contributed by atoms with Crippen molar-refractivity contribution < 1.29 is 29.2 Å². The summed E-state index contributed by atoms with van der Waals surface area (Å²) in [5, 5.41) is 19.0. The first-order valence-corrected chi connectivity index (χ1v) is 6.45. The topological polar surface area (TPSA) is 85.2 Å². The van der Waals surface area contributed by atoms with Crippen LogP contribution in [0.3, 0.4) is 0 Å². The Hall–Kier alpha value is -2.89. The van der Waals surface area contributed by atoms with Crippen LogP contribution in [-0.2, 0) is 11.3 Å². The number of hydrogen-bond donors (Lipinski definition) is 2. The Bertz CT molecular complexity index is 680. The summed E-state index contributed by atoms with van der Waals surface area (Å²) in [6, 6.07) is 8.87. The lowest BCUT2D eigenvalue weighted by Crippen LogP contribution is -2.05. The summed E-state index contributed by atoms with van der Waals surface area (Å²) >= 11 is 0. The minimum atomic E-state index is -0.551. The number of carbonyl (C=O) groups is 1. The number of ether oxygens (including phenoxy) is 3. The molecule has 2 aromatic carbocycles. The molecule has 0 radical (unpaired) electrons. The molecule has 0 atom stereocenters. The zero-order valence-corrected chi connectivity index (χ0v) is 12.2. The van der Waals surface area contributed by atoms with Crippen LogP contribution in [0, 0.1) is 0 Å². The van der Waals surface area contributed by atoms with Crippen molar-refractivity contribution in [3.8, 4) is 23.0 Å². The average Bonchev–Trinajstić information content (AvgIpc) is 2.54. The molecular formula is C16H16O6. The smallest absolute Gasteiger partial charge is 0.338 e. The summed E-state index contributed by atoms with van der Waals surface area (Å²) < 4.78 is 15.1. The second-order valence-corrected chi connectivity index (χ2v) is 4.47. The molecule has 2 rings (SSSR count). The molecule has 0 aliphatic heterocycles. The van der Waals surface area contributed by atoms with E-state index in [9.17, 15) is 15.0 Å². The van der Waals surface area contributed by atoms with Gasteiger partial charge in [0.1, 0.15) is 6.61 Å². The van der Waals surface area contributed by atoms with E-state index >= 15 is 0 Å². The summed E-state index contributed by atoms with van der Waals surface area (Å²) in [6.45, 7) is 0.0265. The van der Waals surface area contributed by atoms with Crippen LogP contribution in [0.5, 0.6) is 23.0 Å². The van der Waals surface area contributed by atoms with Crippen LogP contribution in [0.15, 0.2) is 36.4 Å². The molecule has 0 aliphatic carbocycles. The minimum Gasteiger partial charge on any atom is -0.504 e. The van der Waals surface area contributed by atoms with Gasteiger partial charge < -0.3 is 24.4 Å². The monoisotopic (exact) mass is 304 g/mol. The van der Waals surface area contributed by atoms with Crippen LogP contribution in [0.2, 0.25) is 0 Å². The molecule has 0 saturated carbocycles. The van der Waals surface area contributed by atoms with Crippen LogP contribution in [-0.4, -0.2) is 30.4 Å². The van der Waals surface area contributed by atoms with E-state index in [4.69, 9.17) is 14.2 Å². The van der Waals surface area contributed by atoms with Gasteiger partial charge in [-0.25, -0.2) is 4.79 Å². The first-order valence-electron chi connectivity index (χ1n) is 6.45. The van der Waals surface area contributed by atoms with Gasteiger partial charge in [-0.1, -0.05) is 6.07 Å². The molecule has 0 aromatic heterocycles. The van der Waals surface area contributed by atoms with Gasteiger partial charge in [0.25, 0.3) is 0 Å². The van der Waals surface area contributed by atoms with Crippen LogP contribution in [0.25, 0.3) is 0 Å². The Balaban J connectivity index is 2.06. The van der Waals surface area contributed by atoms with Crippen molar-refractivity contribution in [1.29, 1.82) is 0 Å². The van der Waals surface area contributed by atoms with Gasteiger partial charge in [-0.15, -0.1) is 0 Å². The predicted molar refractivity (Wildman–Crippen MR) is 78.4 cm³/mol. The van der Waals surface area contributed by atoms with E-state index in [0.717, 1.165) is 0 Å². The molecule has 2 aromatic rings. The van der Waals surface area contributed by atoms with E-state index in [1.807, 2.05) is 0 Å². The van der Waals surface area contributed by atoms with Crippen molar-refractivity contribution in [3.63, 3.8) is 0 Å². The highest BCUT2D eigenvalue weighted by atomic mass is 16.5. The molecule has 22 heavy (non-hydrogen) atoms. The van der Waals surface area contributed by atoms with E-state index in [1.54, 1.807) is 12.1 Å². The van der Waals surface area contributed by atoms with E-state index in [-0.39, 0.29) is 29.4 Å². The molecule has 6 heteroatoms. The first-order chi connectivity index (χ1) is 10.5. The normalized spacial score (nSPS) is 10.1. The third-order valence-electron chi connectivity index (χ3n) is 3.03. The summed E-state index contributed by atoms with van der Waals surface area (Å²) in [5.74, 6) is -0.0888. The van der Waals surface area contributed by atoms with Crippen molar-refractivity contribution in [2.45, 2.75) is 6.61 Å². The summed E-state index contributed by atoms with van der Waals surface area (Å²) in [5.41, 5.74) is 0.939. The molecule has 6 nitrogen and oxygen atoms in total. The molecule has 0 aliphatic rings. The second kappa shape index (κ2) is 6.71. The number of hydrogen-bond acceptors (Lipinski definition) is 6. The quantitative estimate of drug-likeness (QED) is 0.825. The van der Waals surface area contributed by atoms with Crippen LogP contribution < -0.4 is 9.47 Å². The van der Waals surface area contributed by atoms with Crippen LogP contribution >= 0.6 is 0 Å². The van der Waals surface area contributed by atoms with Gasteiger partial charge in [0.05, 0.1) is 19.8 Å². The molecule has 0 amide bonds. The van der Waals surface area contributed by atoms with Crippen molar-refractivity contribution >= 4 is 5.97 Å². The lowest BCUT2D eigenvalue weighted by Gasteiger charge is -2.09. The Morgan fingerprint density at radius 2 is 1.55 bits per heavy atom. The number of carbonyl (C=O) groups excluding carboxylic acids is 1. The highest BCUT2D eigenvalue weighted by Crippen LogP contribution is 2.28. The number of phenolic OH excluding ortho intramolecular Hbond substituents is 2. The first kappa shape index (κ1) is 15.5. The highest BCUT2D eigenvalue weighted by Gasteiger charge is 2.12. The molecule has 0 unspecified atom stereocenters. The third kappa shape index (κ3) is 3.41. The van der Waals surface area contributed by atoms with Crippen LogP contribution in [0.4, 0.5) is 0 Å². The number of benzene rings is 2. The Morgan fingerprint density at radius 1 is 0.955 bits per heavy atom. The Labute approximate surface area is 127 Å². The third-order valence-corrected chi connectivity index (χ3v) is 3.03. The van der Waals surface area contributed by atoms with E-state index < -0.39 is 5.97 Å². The summed E-state index contributed by atoms with van der Waals surface area (Å²) in [6.07, 6.45) is 0. The molecule has 116 valence electrons. The maximum Gasteiger partial charge on any atom is 0.338 e. The van der Waals surface area contributed by atoms with Gasteiger partial charge in [0.15, 0.2) is 23.0 Å². The van der Waals surface area contributed by atoms with Gasteiger partial charge in [0.2, 0.25) is 0 Å². The molecule has 0 bridgehead atoms. The lowest BCUT2D eigenvalue weighted by atomic mass is 10.2. The number of phenols is 2. The van der Waals surface area contributed by atoms with E-state index in [1.165, 1.54) is 38.5 Å². The number of rotatable bonds is 5. The Morgan fingerprint density at radius 3 is 2.18 bits per heavy atom. The van der Waals surface area contributed by atoms with Crippen molar-refractivity contribution in [3.05, 3.63) is 47.5 Å². The molecule has 0 spiro atoms. The van der Waals surface area contributed by atoms with E-state index in [2.05, 4.69) is 0 Å². The standard InChI is InChI=1S/C16H16O6/c1-20-14-7-10(3-5-12(14)17)9-22-16(19)11-4-6-13(18)15(8-11)21-2/h3-8,17-18H,9H2,1-2H3. The lowest BCUT2D eigenvalue weighted by molar-refractivity contribution is 0.0472. The SMILES string of the molecule is COc1cc(COC(=O)c2ccc(O)c(OC)c2)ccc1O. The van der Waals surface area contributed by atoms with Crippen molar-refractivity contribution in [1.82, 2.24) is 0 Å². The maximum atomic E-state index is 12.0. The van der Waals surface area contributed by atoms with Gasteiger partial charge >= 0.3 is 5.97 Å². The molecular weight excluding hydrogens is 288 g/mol. The predicted octanol–water partition coefficient (Wildman–Crippen LogP) is 2.47. The number of esters is 1. The van der Waals surface area contributed by atoms with Crippen molar-refractivity contribution in [2.75, 3.05) is 14.2 Å². The van der Waals surface area contributed by atoms with Gasteiger partial charge in [0, 0.05) is 0 Å². The highest BCUT2D eigenvalue weighted by molar-refractivity contribution is 5.90. The fraction of sp³-hybridized carbons (Fsp3) is 0.188. The summed E-state index contributed by atoms with van der Waals surface area (Å²) in [7, 11) is 2.83. The zero-order valence-electron chi connectivity index (χ0n) is 12.2. The molecule has 0 saturated heterocycles. The van der Waals surface area contributed by atoms with Crippen molar-refractivity contribution in [2.24, 2.45) is 0 Å². The fourth-order valence-corrected chi connectivity index (χ4v) is 1.85. The number of methoxy groups -OCH3 is 2. The van der Waals surface area contributed by atoms with E-state index in [0.29, 0.717) is 11.3 Å².